The van der Waals surface area contributed by atoms with Crippen molar-refractivity contribution in [1.29, 1.82) is 0 Å². The van der Waals surface area contributed by atoms with Crippen LogP contribution in [0.1, 0.15) is 77.0 Å². The summed E-state index contributed by atoms with van der Waals surface area (Å²) < 4.78 is 0. The van der Waals surface area contributed by atoms with E-state index in [-0.39, 0.29) is 11.1 Å². The van der Waals surface area contributed by atoms with Crippen molar-refractivity contribution in [3.8, 4) is 0 Å². The van der Waals surface area contributed by atoms with E-state index in [1.807, 2.05) is 0 Å². The fourth-order valence-corrected chi connectivity index (χ4v) is 8.01. The van der Waals surface area contributed by atoms with Gasteiger partial charge in [0.25, 0.3) is 0 Å². The van der Waals surface area contributed by atoms with Crippen LogP contribution in [0.15, 0.2) is 0 Å². The number of hydrogen-bond acceptors (Lipinski definition) is 7. The summed E-state index contributed by atoms with van der Waals surface area (Å²) in [6.07, 6.45) is 14.1. The third-order valence-corrected chi connectivity index (χ3v) is 10.6. The Balaban J connectivity index is 1.03. The SMILES string of the molecule is NC1CCC(N2CCN(C3(C(=O)C4(N5CCN(C6CCC(N)CC6)CC5)CC4)CC3)CC2)CC1. The van der Waals surface area contributed by atoms with Gasteiger partial charge >= 0.3 is 0 Å². The van der Waals surface area contributed by atoms with Crippen LogP contribution < -0.4 is 11.5 Å². The standard InChI is InChI=1S/C27H48N6O/c28-21-1-5-23(6-2-21)30-13-17-32(18-14-30)26(9-10-26)25(34)27(11-12-27)33-19-15-31(16-20-33)24-7-3-22(29)4-8-24/h21-24H,1-20,28-29H2. The highest BCUT2D eigenvalue weighted by Gasteiger charge is 2.66. The van der Waals surface area contributed by atoms with E-state index in [0.717, 1.165) is 90.1 Å². The van der Waals surface area contributed by atoms with E-state index < -0.39 is 0 Å². The molecule has 192 valence electrons. The van der Waals surface area contributed by atoms with Crippen molar-refractivity contribution in [3.63, 3.8) is 0 Å². The van der Waals surface area contributed by atoms with Gasteiger partial charge in [0.15, 0.2) is 5.78 Å². The Labute approximate surface area is 206 Å². The Morgan fingerprint density at radius 2 is 0.853 bits per heavy atom. The molecule has 4 N–H and O–H groups in total. The van der Waals surface area contributed by atoms with E-state index in [9.17, 15) is 4.79 Å². The van der Waals surface area contributed by atoms with E-state index in [0.29, 0.717) is 17.9 Å². The van der Waals surface area contributed by atoms with E-state index in [1.54, 1.807) is 0 Å². The van der Waals surface area contributed by atoms with Crippen LogP contribution in [0.5, 0.6) is 0 Å². The van der Waals surface area contributed by atoms with Crippen molar-refractivity contribution < 1.29 is 4.79 Å². The molecule has 0 unspecified atom stereocenters. The summed E-state index contributed by atoms with van der Waals surface area (Å²) in [5.74, 6) is 0.592. The van der Waals surface area contributed by atoms with Gasteiger partial charge in [-0.15, -0.1) is 0 Å². The van der Waals surface area contributed by atoms with Crippen molar-refractivity contribution in [3.05, 3.63) is 0 Å². The predicted molar refractivity (Wildman–Crippen MR) is 136 cm³/mol. The molecule has 6 aliphatic rings. The molecule has 2 heterocycles. The second-order valence-corrected chi connectivity index (χ2v) is 12.6. The molecule has 0 aromatic carbocycles. The molecule has 4 saturated carbocycles. The van der Waals surface area contributed by atoms with E-state index in [1.165, 1.54) is 51.4 Å². The summed E-state index contributed by atoms with van der Waals surface area (Å²) in [7, 11) is 0. The third kappa shape index (κ3) is 4.39. The number of nitrogens with two attached hydrogens (primary N) is 2. The first-order valence-corrected chi connectivity index (χ1v) is 14.5. The lowest BCUT2D eigenvalue weighted by Gasteiger charge is -2.47. The molecule has 0 atom stereocenters. The van der Waals surface area contributed by atoms with E-state index in [2.05, 4.69) is 19.6 Å². The molecule has 2 aliphatic heterocycles. The first-order chi connectivity index (χ1) is 16.5. The molecular weight excluding hydrogens is 424 g/mol. The summed E-state index contributed by atoms with van der Waals surface area (Å²) in [5, 5.41) is 0. The van der Waals surface area contributed by atoms with Crippen LogP contribution in [0.3, 0.4) is 0 Å². The maximum absolute atomic E-state index is 14.1. The number of hydrogen-bond donors (Lipinski definition) is 2. The van der Waals surface area contributed by atoms with E-state index in [4.69, 9.17) is 11.5 Å². The second-order valence-electron chi connectivity index (χ2n) is 12.6. The summed E-state index contributed by atoms with van der Waals surface area (Å²) in [6, 6.07) is 2.28. The second kappa shape index (κ2) is 9.38. The molecular formula is C27H48N6O. The lowest BCUT2D eigenvalue weighted by atomic mass is 9.90. The fourth-order valence-electron chi connectivity index (χ4n) is 8.01. The number of carbonyl (C=O) groups excluding carboxylic acids is 1. The van der Waals surface area contributed by atoms with Crippen molar-refractivity contribution >= 4 is 5.78 Å². The summed E-state index contributed by atoms with van der Waals surface area (Å²) in [6.45, 7) is 8.81. The maximum atomic E-state index is 14.1. The molecule has 6 fully saturated rings. The lowest BCUT2D eigenvalue weighted by Crippen LogP contribution is -2.62. The highest BCUT2D eigenvalue weighted by atomic mass is 16.1. The minimum atomic E-state index is -0.131. The average Bonchev–Trinajstić information content (AvgIpc) is 3.80. The number of rotatable bonds is 6. The van der Waals surface area contributed by atoms with Crippen LogP contribution in [0, 0.1) is 0 Å². The number of nitrogens with zero attached hydrogens (tertiary/aromatic N) is 4. The Kier molecular flexibility index (Phi) is 6.57. The fraction of sp³-hybridized carbons (Fsp3) is 0.963. The van der Waals surface area contributed by atoms with Gasteiger partial charge in [-0.2, -0.15) is 0 Å². The van der Waals surface area contributed by atoms with Gasteiger partial charge < -0.3 is 11.5 Å². The van der Waals surface area contributed by atoms with Crippen molar-refractivity contribution in [1.82, 2.24) is 19.6 Å². The zero-order valence-electron chi connectivity index (χ0n) is 21.3. The molecule has 0 aromatic rings. The van der Waals surface area contributed by atoms with Crippen LogP contribution >= 0.6 is 0 Å². The van der Waals surface area contributed by atoms with Gasteiger partial charge in [-0.3, -0.25) is 24.4 Å². The van der Waals surface area contributed by atoms with Crippen molar-refractivity contribution in [2.75, 3.05) is 52.4 Å². The molecule has 0 bridgehead atoms. The zero-order chi connectivity index (χ0) is 23.3. The molecule has 7 heteroatoms. The summed E-state index contributed by atoms with van der Waals surface area (Å²) in [5.41, 5.74) is 12.0. The number of Topliss-reactive ketones (excluding diaryl/α,β-unsaturated/α-hetero) is 1. The molecule has 7 nitrogen and oxygen atoms in total. The van der Waals surface area contributed by atoms with Crippen molar-refractivity contribution in [2.45, 2.75) is 112 Å². The highest BCUT2D eigenvalue weighted by Crippen LogP contribution is 2.54. The smallest absolute Gasteiger partial charge is 0.173 e. The van der Waals surface area contributed by atoms with Crippen LogP contribution in [-0.2, 0) is 4.79 Å². The van der Waals surface area contributed by atoms with Crippen LogP contribution in [0.4, 0.5) is 0 Å². The molecule has 2 saturated heterocycles. The summed E-state index contributed by atoms with van der Waals surface area (Å²) in [4.78, 5) is 24.7. The third-order valence-electron chi connectivity index (χ3n) is 10.6. The van der Waals surface area contributed by atoms with Gasteiger partial charge in [-0.25, -0.2) is 0 Å². The zero-order valence-corrected chi connectivity index (χ0v) is 21.3. The molecule has 0 aromatic heterocycles. The molecule has 0 radical (unpaired) electrons. The molecule has 6 rings (SSSR count). The van der Waals surface area contributed by atoms with Gasteiger partial charge in [0.2, 0.25) is 0 Å². The average molecular weight is 473 g/mol. The van der Waals surface area contributed by atoms with Crippen LogP contribution in [-0.4, -0.2) is 113 Å². The van der Waals surface area contributed by atoms with Gasteiger partial charge in [-0.05, 0) is 77.0 Å². The minimum Gasteiger partial charge on any atom is -0.328 e. The quantitative estimate of drug-likeness (QED) is 0.605. The first kappa shape index (κ1) is 23.8. The van der Waals surface area contributed by atoms with Crippen LogP contribution in [0.25, 0.3) is 0 Å². The Hall–Kier alpha value is -0.570. The Morgan fingerprint density at radius 3 is 1.15 bits per heavy atom. The highest BCUT2D eigenvalue weighted by molar-refractivity contribution is 6.01. The van der Waals surface area contributed by atoms with Gasteiger partial charge in [0.05, 0.1) is 11.1 Å². The molecule has 0 amide bonds. The van der Waals surface area contributed by atoms with Crippen molar-refractivity contribution in [2.24, 2.45) is 11.5 Å². The number of ketones is 1. The Morgan fingerprint density at radius 1 is 0.529 bits per heavy atom. The predicted octanol–water partition coefficient (Wildman–Crippen LogP) is 1.40. The van der Waals surface area contributed by atoms with E-state index >= 15 is 0 Å². The van der Waals surface area contributed by atoms with Gasteiger partial charge in [0, 0.05) is 76.5 Å². The summed E-state index contributed by atoms with van der Waals surface area (Å²) >= 11 is 0. The number of carbonyl (C=O) groups is 1. The molecule has 34 heavy (non-hydrogen) atoms. The Bertz CT molecular complexity index is 659. The normalized spacial score (nSPS) is 39.6. The monoisotopic (exact) mass is 472 g/mol. The molecule has 0 spiro atoms. The minimum absolute atomic E-state index is 0.131. The van der Waals surface area contributed by atoms with Gasteiger partial charge in [0.1, 0.15) is 0 Å². The largest absolute Gasteiger partial charge is 0.328 e. The van der Waals surface area contributed by atoms with Gasteiger partial charge in [-0.1, -0.05) is 0 Å². The van der Waals surface area contributed by atoms with Crippen LogP contribution in [0.2, 0.25) is 0 Å². The first-order valence-electron chi connectivity index (χ1n) is 14.5. The maximum Gasteiger partial charge on any atom is 0.173 e. The lowest BCUT2D eigenvalue weighted by molar-refractivity contribution is -0.135. The molecule has 4 aliphatic carbocycles. The topological polar surface area (TPSA) is 82.1 Å². The number of piperazine rings is 2.